The van der Waals surface area contributed by atoms with Crippen LogP contribution in [0.2, 0.25) is 0 Å². The predicted octanol–water partition coefficient (Wildman–Crippen LogP) is 14.3. The molecule has 0 saturated heterocycles. The van der Waals surface area contributed by atoms with Crippen LogP contribution in [-0.4, -0.2) is 33.2 Å². The average molecular weight is 788 g/mol. The van der Waals surface area contributed by atoms with Gasteiger partial charge in [0.2, 0.25) is 0 Å². The van der Waals surface area contributed by atoms with Crippen molar-refractivity contribution >= 4 is 17.9 Å². The molecular formula is C42H84O6Rh. The summed E-state index contributed by atoms with van der Waals surface area (Å²) in [6.07, 6.45) is 43.1. The second-order valence-electron chi connectivity index (χ2n) is 14.0. The van der Waals surface area contributed by atoms with E-state index in [4.69, 9.17) is 15.3 Å². The van der Waals surface area contributed by atoms with E-state index >= 15 is 0 Å². The summed E-state index contributed by atoms with van der Waals surface area (Å²) in [6.45, 7) is 6.74. The van der Waals surface area contributed by atoms with Crippen molar-refractivity contribution in [3.05, 3.63) is 0 Å². The number of rotatable bonds is 36. The van der Waals surface area contributed by atoms with Crippen LogP contribution in [0, 0.1) is 0 Å². The van der Waals surface area contributed by atoms with Gasteiger partial charge in [-0.05, 0) is 19.3 Å². The second-order valence-corrected chi connectivity index (χ2v) is 14.0. The van der Waals surface area contributed by atoms with Gasteiger partial charge in [0.15, 0.2) is 0 Å². The summed E-state index contributed by atoms with van der Waals surface area (Å²) in [4.78, 5) is 30.8. The smallest absolute Gasteiger partial charge is 0.303 e. The van der Waals surface area contributed by atoms with Crippen molar-refractivity contribution < 1.29 is 49.2 Å². The first-order chi connectivity index (χ1) is 23.3. The number of carboxylic acids is 3. The van der Waals surface area contributed by atoms with Crippen molar-refractivity contribution in [1.82, 2.24) is 0 Å². The van der Waals surface area contributed by atoms with Gasteiger partial charge in [-0.3, -0.25) is 14.4 Å². The third kappa shape index (κ3) is 65.9. The van der Waals surface area contributed by atoms with E-state index in [2.05, 4.69) is 20.8 Å². The minimum absolute atomic E-state index is 0. The Hall–Kier alpha value is -0.967. The van der Waals surface area contributed by atoms with Crippen molar-refractivity contribution in [3.8, 4) is 0 Å². The zero-order valence-electron chi connectivity index (χ0n) is 32.9. The third-order valence-corrected chi connectivity index (χ3v) is 8.98. The molecule has 297 valence electrons. The quantitative estimate of drug-likeness (QED) is 0.0431. The van der Waals surface area contributed by atoms with Gasteiger partial charge < -0.3 is 15.3 Å². The Morgan fingerprint density at radius 1 is 0.265 bits per heavy atom. The second kappa shape index (κ2) is 51.4. The molecule has 0 heterocycles. The fourth-order valence-corrected chi connectivity index (χ4v) is 5.82. The van der Waals surface area contributed by atoms with Gasteiger partial charge in [-0.15, -0.1) is 0 Å². The van der Waals surface area contributed by atoms with Crippen molar-refractivity contribution in [2.45, 2.75) is 252 Å². The summed E-state index contributed by atoms with van der Waals surface area (Å²) in [5.74, 6) is -1.97. The van der Waals surface area contributed by atoms with Crippen LogP contribution in [0.4, 0.5) is 0 Å². The van der Waals surface area contributed by atoms with Crippen molar-refractivity contribution in [2.24, 2.45) is 0 Å². The normalized spacial score (nSPS) is 10.3. The van der Waals surface area contributed by atoms with Gasteiger partial charge in [0, 0.05) is 38.7 Å². The molecule has 7 heteroatoms. The van der Waals surface area contributed by atoms with Gasteiger partial charge in [0.25, 0.3) is 0 Å². The summed E-state index contributed by atoms with van der Waals surface area (Å²) < 4.78 is 0. The fraction of sp³-hybridized carbons (Fsp3) is 0.929. The van der Waals surface area contributed by atoms with Crippen LogP contribution in [0.5, 0.6) is 0 Å². The number of unbranched alkanes of at least 4 members (excludes halogenated alkanes) is 30. The van der Waals surface area contributed by atoms with Crippen LogP contribution in [0.3, 0.4) is 0 Å². The van der Waals surface area contributed by atoms with Crippen LogP contribution >= 0.6 is 0 Å². The number of hydrogen-bond acceptors (Lipinski definition) is 3. The molecule has 0 aromatic heterocycles. The van der Waals surface area contributed by atoms with Gasteiger partial charge in [0.1, 0.15) is 0 Å². The Kier molecular flexibility index (Phi) is 57.5. The molecule has 49 heavy (non-hydrogen) atoms. The SMILES string of the molecule is CCCCCCCCCCCCCC(=O)O.CCCCCCCCCCCCCC(=O)O.CCCCCCCCCCCCCC(=O)O.[Rh]. The van der Waals surface area contributed by atoms with E-state index in [0.29, 0.717) is 19.3 Å². The first kappa shape index (κ1) is 54.8. The van der Waals surface area contributed by atoms with Gasteiger partial charge in [0.05, 0.1) is 0 Å². The van der Waals surface area contributed by atoms with Crippen LogP contribution in [-0.2, 0) is 33.9 Å². The molecule has 0 aromatic carbocycles. The molecule has 0 aliphatic carbocycles. The Labute approximate surface area is 317 Å². The zero-order chi connectivity index (χ0) is 36.2. The van der Waals surface area contributed by atoms with E-state index in [0.717, 1.165) is 38.5 Å². The zero-order valence-corrected chi connectivity index (χ0v) is 34.5. The third-order valence-electron chi connectivity index (χ3n) is 8.98. The monoisotopic (exact) mass is 788 g/mol. The van der Waals surface area contributed by atoms with Gasteiger partial charge in [-0.2, -0.15) is 0 Å². The largest absolute Gasteiger partial charge is 0.481 e. The molecule has 0 fully saturated rings. The fourth-order valence-electron chi connectivity index (χ4n) is 5.82. The molecule has 0 aliphatic rings. The summed E-state index contributed by atoms with van der Waals surface area (Å²) in [5.41, 5.74) is 0. The molecular weight excluding hydrogens is 703 g/mol. The molecule has 1 radical (unpaired) electrons. The molecule has 0 atom stereocenters. The van der Waals surface area contributed by atoms with Crippen LogP contribution in [0.1, 0.15) is 252 Å². The molecule has 0 unspecified atom stereocenters. The number of aliphatic carboxylic acids is 3. The Bertz CT molecular complexity index is 557. The summed E-state index contributed by atoms with van der Waals surface area (Å²) in [7, 11) is 0. The minimum atomic E-state index is -0.657. The summed E-state index contributed by atoms with van der Waals surface area (Å²) in [6, 6.07) is 0. The maximum Gasteiger partial charge on any atom is 0.303 e. The van der Waals surface area contributed by atoms with E-state index in [1.54, 1.807) is 0 Å². The van der Waals surface area contributed by atoms with E-state index in [9.17, 15) is 14.4 Å². The maximum absolute atomic E-state index is 10.3. The number of carbonyl (C=O) groups is 3. The Balaban J connectivity index is -0.000000307. The molecule has 0 aromatic rings. The van der Waals surface area contributed by atoms with Crippen molar-refractivity contribution in [2.75, 3.05) is 0 Å². The first-order valence-electron chi connectivity index (χ1n) is 21.0. The standard InChI is InChI=1S/3C14H28O2.Rh/c3*1-2-3-4-5-6-7-8-9-10-11-12-13-14(15)16;/h3*2-13H2,1H3,(H,15,16);. The molecule has 0 aliphatic heterocycles. The molecule has 0 bridgehead atoms. The van der Waals surface area contributed by atoms with Gasteiger partial charge >= 0.3 is 17.9 Å². The van der Waals surface area contributed by atoms with Gasteiger partial charge in [-0.1, -0.05) is 213 Å². The van der Waals surface area contributed by atoms with Crippen molar-refractivity contribution in [3.63, 3.8) is 0 Å². The summed E-state index contributed by atoms with van der Waals surface area (Å²) in [5, 5.41) is 25.4. The molecule has 0 amide bonds. The molecule has 0 rings (SSSR count). The molecule has 6 nitrogen and oxygen atoms in total. The minimum Gasteiger partial charge on any atom is -0.481 e. The van der Waals surface area contributed by atoms with E-state index < -0.39 is 17.9 Å². The van der Waals surface area contributed by atoms with Crippen LogP contribution < -0.4 is 0 Å². The number of carboxylic acid groups (broad SMARTS) is 3. The maximum atomic E-state index is 10.3. The van der Waals surface area contributed by atoms with Crippen LogP contribution in [0.25, 0.3) is 0 Å². The molecule has 0 spiro atoms. The van der Waals surface area contributed by atoms with E-state index in [1.165, 1.54) is 173 Å². The van der Waals surface area contributed by atoms with Gasteiger partial charge in [-0.25, -0.2) is 0 Å². The van der Waals surface area contributed by atoms with Crippen LogP contribution in [0.15, 0.2) is 0 Å². The Morgan fingerprint density at radius 3 is 0.510 bits per heavy atom. The predicted molar refractivity (Wildman–Crippen MR) is 206 cm³/mol. The van der Waals surface area contributed by atoms with E-state index in [-0.39, 0.29) is 19.5 Å². The first-order valence-corrected chi connectivity index (χ1v) is 21.0. The Morgan fingerprint density at radius 2 is 0.388 bits per heavy atom. The van der Waals surface area contributed by atoms with E-state index in [1.807, 2.05) is 0 Å². The topological polar surface area (TPSA) is 112 Å². The average Bonchev–Trinajstić information content (AvgIpc) is 3.05. The molecule has 0 saturated carbocycles. The molecule has 3 N–H and O–H groups in total. The summed E-state index contributed by atoms with van der Waals surface area (Å²) >= 11 is 0. The number of hydrogen-bond donors (Lipinski definition) is 3. The van der Waals surface area contributed by atoms with Crippen molar-refractivity contribution in [1.29, 1.82) is 0 Å².